The van der Waals surface area contributed by atoms with Gasteiger partial charge in [0.1, 0.15) is 0 Å². The van der Waals surface area contributed by atoms with Crippen molar-refractivity contribution in [1.82, 2.24) is 10.2 Å². The van der Waals surface area contributed by atoms with Crippen LogP contribution in [0.3, 0.4) is 0 Å². The summed E-state index contributed by atoms with van der Waals surface area (Å²) >= 11 is 0. The Labute approximate surface area is 127 Å². The van der Waals surface area contributed by atoms with E-state index >= 15 is 0 Å². The normalized spacial score (nSPS) is 11.2. The maximum absolute atomic E-state index is 11.8. The maximum Gasteiger partial charge on any atom is 0.319 e. The summed E-state index contributed by atoms with van der Waals surface area (Å²) in [6.45, 7) is 10.6. The third-order valence-corrected chi connectivity index (χ3v) is 3.43. The minimum atomic E-state index is -0.178. The van der Waals surface area contributed by atoms with Crippen LogP contribution in [0.15, 0.2) is 24.3 Å². The van der Waals surface area contributed by atoms with Gasteiger partial charge in [-0.15, -0.1) is 0 Å². The number of carbonyl (C=O) groups excluding carboxylic acids is 1. The Bertz CT molecular complexity index is 420. The third kappa shape index (κ3) is 6.14. The van der Waals surface area contributed by atoms with Crippen LogP contribution in [0.1, 0.15) is 33.3 Å². The lowest BCUT2D eigenvalue weighted by Gasteiger charge is -2.30. The Morgan fingerprint density at radius 3 is 2.19 bits per heavy atom. The van der Waals surface area contributed by atoms with Gasteiger partial charge in [-0.1, -0.05) is 12.1 Å². The number of rotatable bonds is 7. The molecule has 4 N–H and O–H groups in total. The highest BCUT2D eigenvalue weighted by Crippen LogP contribution is 2.08. The number of amides is 2. The van der Waals surface area contributed by atoms with Crippen molar-refractivity contribution in [2.45, 2.75) is 46.3 Å². The van der Waals surface area contributed by atoms with Crippen LogP contribution in [-0.2, 0) is 6.54 Å². The summed E-state index contributed by atoms with van der Waals surface area (Å²) in [5.74, 6) is 0. The fourth-order valence-electron chi connectivity index (χ4n) is 2.31. The van der Waals surface area contributed by atoms with Crippen molar-refractivity contribution < 1.29 is 4.79 Å². The predicted molar refractivity (Wildman–Crippen MR) is 88.3 cm³/mol. The molecule has 0 atom stereocenters. The molecule has 0 radical (unpaired) electrons. The van der Waals surface area contributed by atoms with Crippen molar-refractivity contribution >= 4 is 11.7 Å². The lowest BCUT2D eigenvalue weighted by molar-refractivity contribution is 0.176. The zero-order chi connectivity index (χ0) is 15.8. The first-order chi connectivity index (χ1) is 9.93. The molecule has 1 aromatic rings. The number of benzene rings is 1. The molecule has 21 heavy (non-hydrogen) atoms. The van der Waals surface area contributed by atoms with E-state index in [-0.39, 0.29) is 6.03 Å². The number of urea groups is 1. The van der Waals surface area contributed by atoms with Gasteiger partial charge in [0.05, 0.1) is 0 Å². The van der Waals surface area contributed by atoms with E-state index in [9.17, 15) is 4.79 Å². The first-order valence-corrected chi connectivity index (χ1v) is 7.53. The molecule has 0 unspecified atom stereocenters. The second-order valence-electron chi connectivity index (χ2n) is 5.71. The van der Waals surface area contributed by atoms with Crippen LogP contribution in [-0.4, -0.2) is 36.1 Å². The number of hydrogen-bond acceptors (Lipinski definition) is 3. The van der Waals surface area contributed by atoms with E-state index in [0.29, 0.717) is 25.2 Å². The topological polar surface area (TPSA) is 70.4 Å². The molecular formula is C16H28N4O. The predicted octanol–water partition coefficient (Wildman–Crippen LogP) is 2.39. The Balaban J connectivity index is 2.36. The molecule has 2 amide bonds. The van der Waals surface area contributed by atoms with Gasteiger partial charge in [0.2, 0.25) is 0 Å². The standard InChI is InChI=1S/C16H28N4O/c1-12(2)20(13(3)4)10-9-18-16(21)19-15-7-5-14(11-17)6-8-15/h5-8,12-13H,9-11,17H2,1-4H3,(H2,18,19,21). The molecule has 0 aliphatic rings. The largest absolute Gasteiger partial charge is 0.337 e. The fraction of sp³-hybridized carbons (Fsp3) is 0.562. The minimum absolute atomic E-state index is 0.178. The third-order valence-electron chi connectivity index (χ3n) is 3.43. The first kappa shape index (κ1) is 17.5. The van der Waals surface area contributed by atoms with Gasteiger partial charge in [-0.2, -0.15) is 0 Å². The molecule has 0 spiro atoms. The molecule has 0 aromatic heterocycles. The summed E-state index contributed by atoms with van der Waals surface area (Å²) in [4.78, 5) is 14.2. The van der Waals surface area contributed by atoms with Crippen LogP contribution in [0, 0.1) is 0 Å². The molecule has 5 heteroatoms. The summed E-state index contributed by atoms with van der Waals surface area (Å²) < 4.78 is 0. The van der Waals surface area contributed by atoms with Gasteiger partial charge in [0.25, 0.3) is 0 Å². The molecule has 0 saturated carbocycles. The number of nitrogens with two attached hydrogens (primary N) is 1. The van der Waals surface area contributed by atoms with E-state index in [0.717, 1.165) is 17.8 Å². The Morgan fingerprint density at radius 2 is 1.71 bits per heavy atom. The molecule has 5 nitrogen and oxygen atoms in total. The maximum atomic E-state index is 11.8. The van der Waals surface area contributed by atoms with Gasteiger partial charge in [0, 0.05) is 37.4 Å². The van der Waals surface area contributed by atoms with Gasteiger partial charge >= 0.3 is 6.03 Å². The van der Waals surface area contributed by atoms with Crippen molar-refractivity contribution in [1.29, 1.82) is 0 Å². The van der Waals surface area contributed by atoms with Crippen LogP contribution in [0.5, 0.6) is 0 Å². The van der Waals surface area contributed by atoms with Crippen LogP contribution < -0.4 is 16.4 Å². The molecule has 1 aromatic carbocycles. The smallest absolute Gasteiger partial charge is 0.319 e. The number of carbonyl (C=O) groups is 1. The van der Waals surface area contributed by atoms with E-state index in [1.807, 2.05) is 24.3 Å². The van der Waals surface area contributed by atoms with Crippen molar-refractivity contribution in [2.75, 3.05) is 18.4 Å². The van der Waals surface area contributed by atoms with Crippen LogP contribution in [0.4, 0.5) is 10.5 Å². The molecule has 0 heterocycles. The number of hydrogen-bond donors (Lipinski definition) is 3. The molecule has 0 aliphatic heterocycles. The molecular weight excluding hydrogens is 264 g/mol. The molecule has 0 aliphatic carbocycles. The second-order valence-corrected chi connectivity index (χ2v) is 5.71. The number of nitrogens with zero attached hydrogens (tertiary/aromatic N) is 1. The number of anilines is 1. The zero-order valence-electron chi connectivity index (χ0n) is 13.5. The zero-order valence-corrected chi connectivity index (χ0v) is 13.5. The van der Waals surface area contributed by atoms with Crippen molar-refractivity contribution in [3.63, 3.8) is 0 Å². The van der Waals surface area contributed by atoms with Gasteiger partial charge in [-0.05, 0) is 45.4 Å². The van der Waals surface area contributed by atoms with Gasteiger partial charge in [0.15, 0.2) is 0 Å². The van der Waals surface area contributed by atoms with E-state index in [2.05, 4.69) is 43.2 Å². The highest BCUT2D eigenvalue weighted by atomic mass is 16.2. The number of nitrogens with one attached hydrogen (secondary N) is 2. The van der Waals surface area contributed by atoms with Crippen LogP contribution in [0.25, 0.3) is 0 Å². The summed E-state index contributed by atoms with van der Waals surface area (Å²) in [6, 6.07) is 8.30. The summed E-state index contributed by atoms with van der Waals surface area (Å²) in [6.07, 6.45) is 0. The Kier molecular flexibility index (Phi) is 7.19. The average molecular weight is 292 g/mol. The van der Waals surface area contributed by atoms with E-state index < -0.39 is 0 Å². The first-order valence-electron chi connectivity index (χ1n) is 7.53. The Morgan fingerprint density at radius 1 is 1.14 bits per heavy atom. The monoisotopic (exact) mass is 292 g/mol. The Hall–Kier alpha value is -1.59. The SMILES string of the molecule is CC(C)N(CCNC(=O)Nc1ccc(CN)cc1)C(C)C. The molecule has 118 valence electrons. The average Bonchev–Trinajstić information content (AvgIpc) is 2.43. The van der Waals surface area contributed by atoms with E-state index in [4.69, 9.17) is 5.73 Å². The van der Waals surface area contributed by atoms with Gasteiger partial charge < -0.3 is 16.4 Å². The highest BCUT2D eigenvalue weighted by molar-refractivity contribution is 5.89. The fourth-order valence-corrected chi connectivity index (χ4v) is 2.31. The molecule has 0 bridgehead atoms. The van der Waals surface area contributed by atoms with E-state index in [1.54, 1.807) is 0 Å². The van der Waals surface area contributed by atoms with E-state index in [1.165, 1.54) is 0 Å². The van der Waals surface area contributed by atoms with Crippen molar-refractivity contribution in [3.05, 3.63) is 29.8 Å². The lowest BCUT2D eigenvalue weighted by Crippen LogP contribution is -2.43. The molecule has 0 fully saturated rings. The summed E-state index contributed by atoms with van der Waals surface area (Å²) in [7, 11) is 0. The van der Waals surface area contributed by atoms with Gasteiger partial charge in [-0.3, -0.25) is 4.90 Å². The second kappa shape index (κ2) is 8.64. The molecule has 0 saturated heterocycles. The van der Waals surface area contributed by atoms with Gasteiger partial charge in [-0.25, -0.2) is 4.79 Å². The van der Waals surface area contributed by atoms with Crippen LogP contribution in [0.2, 0.25) is 0 Å². The highest BCUT2D eigenvalue weighted by Gasteiger charge is 2.12. The molecule has 1 rings (SSSR count). The van der Waals surface area contributed by atoms with Crippen LogP contribution >= 0.6 is 0 Å². The summed E-state index contributed by atoms with van der Waals surface area (Å²) in [5.41, 5.74) is 7.36. The van der Waals surface area contributed by atoms with Crippen molar-refractivity contribution in [2.24, 2.45) is 5.73 Å². The summed E-state index contributed by atoms with van der Waals surface area (Å²) in [5, 5.41) is 5.70. The quantitative estimate of drug-likeness (QED) is 0.722. The van der Waals surface area contributed by atoms with Crippen molar-refractivity contribution in [3.8, 4) is 0 Å². The lowest BCUT2D eigenvalue weighted by atomic mass is 10.2. The minimum Gasteiger partial charge on any atom is -0.337 e.